The van der Waals surface area contributed by atoms with E-state index in [9.17, 15) is 4.79 Å². The maximum absolute atomic E-state index is 12.4. The number of carbonyl (C=O) groups is 1. The van der Waals surface area contributed by atoms with E-state index in [1.54, 1.807) is 29.8 Å². The number of nitrogens with one attached hydrogen (secondary N) is 1. The van der Waals surface area contributed by atoms with Crippen molar-refractivity contribution < 1.29 is 4.79 Å². The molecule has 0 fully saturated rings. The lowest BCUT2D eigenvalue weighted by Crippen LogP contribution is -2.15. The van der Waals surface area contributed by atoms with E-state index < -0.39 is 0 Å². The van der Waals surface area contributed by atoms with Gasteiger partial charge in [0, 0.05) is 39.6 Å². The van der Waals surface area contributed by atoms with Crippen molar-refractivity contribution in [2.75, 3.05) is 5.32 Å². The number of thiazole rings is 1. The summed E-state index contributed by atoms with van der Waals surface area (Å²) in [6.45, 7) is 1.92. The molecule has 0 aliphatic heterocycles. The molecule has 0 saturated carbocycles. The number of hydrogen-bond donors (Lipinski definition) is 1. The fraction of sp³-hybridized carbons (Fsp3) is 0.0870. The molecule has 0 unspecified atom stereocenters. The van der Waals surface area contributed by atoms with E-state index >= 15 is 0 Å². The number of anilines is 1. The zero-order chi connectivity index (χ0) is 20.2. The number of aromatic nitrogens is 2. The number of nitrogens with zero attached hydrogens (tertiary/aromatic N) is 2. The van der Waals surface area contributed by atoms with Gasteiger partial charge in [0.05, 0.1) is 12.1 Å². The van der Waals surface area contributed by atoms with Crippen molar-refractivity contribution in [1.82, 2.24) is 9.97 Å². The van der Waals surface area contributed by atoms with Crippen LogP contribution in [0.15, 0.2) is 72.4 Å². The van der Waals surface area contributed by atoms with Crippen LogP contribution in [0.5, 0.6) is 0 Å². The molecule has 0 radical (unpaired) electrons. The normalized spacial score (nSPS) is 10.7. The summed E-state index contributed by atoms with van der Waals surface area (Å²) < 4.78 is 0. The monoisotopic (exact) mass is 419 g/mol. The van der Waals surface area contributed by atoms with Crippen molar-refractivity contribution in [3.05, 3.63) is 88.5 Å². The SMILES string of the molecule is Cc1cc(Cl)ccc1NC(=O)Cc1ccc(-c2csc(-c3ccncc3)n2)cc1. The molecule has 4 nitrogen and oxygen atoms in total. The smallest absolute Gasteiger partial charge is 0.228 e. The lowest BCUT2D eigenvalue weighted by Gasteiger charge is -2.09. The van der Waals surface area contributed by atoms with Crippen LogP contribution in [0.3, 0.4) is 0 Å². The molecule has 144 valence electrons. The Bertz CT molecular complexity index is 1140. The number of rotatable bonds is 5. The van der Waals surface area contributed by atoms with Crippen molar-refractivity contribution >= 4 is 34.5 Å². The van der Waals surface area contributed by atoms with Gasteiger partial charge in [-0.3, -0.25) is 9.78 Å². The second-order valence-electron chi connectivity index (χ2n) is 6.65. The first-order valence-electron chi connectivity index (χ1n) is 9.10. The third-order valence-corrected chi connectivity index (χ3v) is 5.63. The predicted molar refractivity (Wildman–Crippen MR) is 119 cm³/mol. The van der Waals surface area contributed by atoms with Crippen LogP contribution in [0.1, 0.15) is 11.1 Å². The number of amides is 1. The second-order valence-corrected chi connectivity index (χ2v) is 7.95. The Balaban J connectivity index is 1.43. The fourth-order valence-electron chi connectivity index (χ4n) is 2.97. The van der Waals surface area contributed by atoms with E-state index in [0.29, 0.717) is 11.4 Å². The summed E-state index contributed by atoms with van der Waals surface area (Å²) in [6, 6.07) is 17.3. The average molecular weight is 420 g/mol. The van der Waals surface area contributed by atoms with E-state index in [-0.39, 0.29) is 5.91 Å². The average Bonchev–Trinajstić information content (AvgIpc) is 3.22. The second kappa shape index (κ2) is 8.55. The summed E-state index contributed by atoms with van der Waals surface area (Å²) in [4.78, 5) is 21.1. The zero-order valence-electron chi connectivity index (χ0n) is 15.7. The Kier molecular flexibility index (Phi) is 5.69. The van der Waals surface area contributed by atoms with Crippen LogP contribution in [-0.2, 0) is 11.2 Å². The lowest BCUT2D eigenvalue weighted by atomic mass is 10.1. The first-order valence-corrected chi connectivity index (χ1v) is 10.4. The number of pyridine rings is 1. The van der Waals surface area contributed by atoms with Gasteiger partial charge in [-0.15, -0.1) is 11.3 Å². The van der Waals surface area contributed by atoms with Crippen LogP contribution in [0.2, 0.25) is 5.02 Å². The zero-order valence-corrected chi connectivity index (χ0v) is 17.3. The molecule has 0 saturated heterocycles. The van der Waals surface area contributed by atoms with Crippen molar-refractivity contribution in [2.24, 2.45) is 0 Å². The molecule has 0 aliphatic rings. The first kappa shape index (κ1) is 19.3. The van der Waals surface area contributed by atoms with Crippen molar-refractivity contribution in [3.8, 4) is 21.8 Å². The third kappa shape index (κ3) is 4.70. The Hall–Kier alpha value is -3.02. The topological polar surface area (TPSA) is 54.9 Å². The van der Waals surface area contributed by atoms with Gasteiger partial charge in [-0.2, -0.15) is 0 Å². The van der Waals surface area contributed by atoms with Gasteiger partial charge in [0.15, 0.2) is 0 Å². The molecule has 4 rings (SSSR count). The van der Waals surface area contributed by atoms with Gasteiger partial charge in [0.1, 0.15) is 5.01 Å². The molecular formula is C23H18ClN3OS. The lowest BCUT2D eigenvalue weighted by molar-refractivity contribution is -0.115. The number of halogens is 1. The quantitative estimate of drug-likeness (QED) is 0.430. The highest BCUT2D eigenvalue weighted by Crippen LogP contribution is 2.28. The highest BCUT2D eigenvalue weighted by Gasteiger charge is 2.09. The molecule has 0 aliphatic carbocycles. The van der Waals surface area contributed by atoms with Gasteiger partial charge in [-0.05, 0) is 48.4 Å². The molecule has 29 heavy (non-hydrogen) atoms. The van der Waals surface area contributed by atoms with Crippen LogP contribution in [0.25, 0.3) is 21.8 Å². The Morgan fingerprint density at radius 1 is 1.03 bits per heavy atom. The number of aryl methyl sites for hydroxylation is 1. The van der Waals surface area contributed by atoms with Gasteiger partial charge < -0.3 is 5.32 Å². The molecule has 2 aromatic heterocycles. The molecule has 0 spiro atoms. The molecular weight excluding hydrogens is 402 g/mol. The molecule has 1 N–H and O–H groups in total. The highest BCUT2D eigenvalue weighted by atomic mass is 35.5. The van der Waals surface area contributed by atoms with Gasteiger partial charge in [-0.1, -0.05) is 35.9 Å². The number of benzene rings is 2. The number of carbonyl (C=O) groups excluding carboxylic acids is 1. The first-order chi connectivity index (χ1) is 14.1. The van der Waals surface area contributed by atoms with E-state index in [4.69, 9.17) is 16.6 Å². The van der Waals surface area contributed by atoms with Gasteiger partial charge >= 0.3 is 0 Å². The minimum Gasteiger partial charge on any atom is -0.326 e. The van der Waals surface area contributed by atoms with Crippen molar-refractivity contribution in [2.45, 2.75) is 13.3 Å². The Morgan fingerprint density at radius 3 is 2.52 bits per heavy atom. The molecule has 2 heterocycles. The Labute approximate surface area is 178 Å². The largest absolute Gasteiger partial charge is 0.326 e. The van der Waals surface area contributed by atoms with Gasteiger partial charge in [0.2, 0.25) is 5.91 Å². The summed E-state index contributed by atoms with van der Waals surface area (Å²) in [7, 11) is 0. The van der Waals surface area contributed by atoms with Crippen LogP contribution in [-0.4, -0.2) is 15.9 Å². The van der Waals surface area contributed by atoms with E-state index in [1.165, 1.54) is 0 Å². The minimum atomic E-state index is -0.0585. The molecule has 0 bridgehead atoms. The van der Waals surface area contributed by atoms with Crippen LogP contribution in [0, 0.1) is 6.92 Å². The maximum Gasteiger partial charge on any atom is 0.228 e. The molecule has 2 aromatic carbocycles. The summed E-state index contributed by atoms with van der Waals surface area (Å²) in [6.07, 6.45) is 3.84. The summed E-state index contributed by atoms with van der Waals surface area (Å²) in [5.74, 6) is -0.0585. The van der Waals surface area contributed by atoms with E-state index in [0.717, 1.165) is 38.6 Å². The summed E-state index contributed by atoms with van der Waals surface area (Å²) >= 11 is 7.57. The number of hydrogen-bond acceptors (Lipinski definition) is 4. The van der Waals surface area contributed by atoms with Crippen molar-refractivity contribution in [1.29, 1.82) is 0 Å². The van der Waals surface area contributed by atoms with Gasteiger partial charge in [-0.25, -0.2) is 4.98 Å². The van der Waals surface area contributed by atoms with Crippen LogP contribution >= 0.6 is 22.9 Å². The van der Waals surface area contributed by atoms with Crippen LogP contribution in [0.4, 0.5) is 5.69 Å². The molecule has 0 atom stereocenters. The molecule has 6 heteroatoms. The van der Waals surface area contributed by atoms with E-state index in [1.807, 2.05) is 60.8 Å². The van der Waals surface area contributed by atoms with Crippen LogP contribution < -0.4 is 5.32 Å². The molecule has 4 aromatic rings. The maximum atomic E-state index is 12.4. The van der Waals surface area contributed by atoms with E-state index in [2.05, 4.69) is 10.3 Å². The summed E-state index contributed by atoms with van der Waals surface area (Å²) in [5.41, 5.74) is 5.68. The van der Waals surface area contributed by atoms with Crippen molar-refractivity contribution in [3.63, 3.8) is 0 Å². The summed E-state index contributed by atoms with van der Waals surface area (Å²) in [5, 5.41) is 6.60. The predicted octanol–water partition coefficient (Wildman–Crippen LogP) is 6.02. The Morgan fingerprint density at radius 2 is 1.79 bits per heavy atom. The third-order valence-electron chi connectivity index (χ3n) is 4.51. The fourth-order valence-corrected chi connectivity index (χ4v) is 4.04. The minimum absolute atomic E-state index is 0.0585. The highest BCUT2D eigenvalue weighted by molar-refractivity contribution is 7.13. The standard InChI is InChI=1S/C23H18ClN3OS/c1-15-12-19(24)6-7-20(15)26-22(28)13-16-2-4-17(5-3-16)21-14-29-23(27-21)18-8-10-25-11-9-18/h2-12,14H,13H2,1H3,(H,26,28). The van der Waals surface area contributed by atoms with Gasteiger partial charge in [0.25, 0.3) is 0 Å². The molecule has 1 amide bonds.